The number of benzene rings is 1. The molecule has 0 aliphatic rings. The van der Waals surface area contributed by atoms with E-state index in [1.165, 1.54) is 30.7 Å². The van der Waals surface area contributed by atoms with Crippen molar-refractivity contribution in [1.82, 2.24) is 4.98 Å². The predicted octanol–water partition coefficient (Wildman–Crippen LogP) is 1.97. The fourth-order valence-electron chi connectivity index (χ4n) is 1.53. The summed E-state index contributed by atoms with van der Waals surface area (Å²) in [7, 11) is 1.41. The first-order chi connectivity index (χ1) is 10.0. The molecule has 0 radical (unpaired) electrons. The van der Waals surface area contributed by atoms with Crippen molar-refractivity contribution < 1.29 is 19.4 Å². The van der Waals surface area contributed by atoms with Gasteiger partial charge in [0.1, 0.15) is 11.4 Å². The average Bonchev–Trinajstić information content (AvgIpc) is 2.97. The molecule has 106 valence electrons. The lowest BCUT2D eigenvalue weighted by atomic mass is 10.2. The fraction of sp³-hybridized carbons (Fsp3) is 0.0769. The van der Waals surface area contributed by atoms with E-state index in [9.17, 15) is 9.59 Å². The topological polar surface area (TPSA) is 112 Å². The number of thiazole rings is 1. The number of carboxylic acids is 1. The third-order valence-corrected chi connectivity index (χ3v) is 3.33. The maximum atomic E-state index is 12.0. The van der Waals surface area contributed by atoms with E-state index in [4.69, 9.17) is 15.1 Å². The third kappa shape index (κ3) is 3.16. The Balaban J connectivity index is 2.23. The van der Waals surface area contributed by atoms with Gasteiger partial charge in [-0.15, -0.1) is 11.3 Å². The highest BCUT2D eigenvalue weighted by atomic mass is 32.1. The van der Waals surface area contributed by atoms with E-state index in [0.29, 0.717) is 17.0 Å². The summed E-state index contributed by atoms with van der Waals surface area (Å²) in [6.45, 7) is 0. The molecular formula is C13H9N3O4S. The summed E-state index contributed by atoms with van der Waals surface area (Å²) in [5.41, 5.74) is 0.766. The molecule has 0 saturated carbocycles. The normalized spacial score (nSPS) is 9.71. The molecule has 0 atom stereocenters. The number of hydrogen-bond acceptors (Lipinski definition) is 6. The van der Waals surface area contributed by atoms with Gasteiger partial charge in [0.2, 0.25) is 5.01 Å². The van der Waals surface area contributed by atoms with Crippen molar-refractivity contribution >= 4 is 28.9 Å². The molecule has 8 heteroatoms. The number of carboxylic acid groups (broad SMARTS) is 1. The first-order valence-electron chi connectivity index (χ1n) is 5.63. The summed E-state index contributed by atoms with van der Waals surface area (Å²) in [6.07, 6.45) is 0. The predicted molar refractivity (Wildman–Crippen MR) is 74.7 cm³/mol. The Bertz CT molecular complexity index is 748. The average molecular weight is 303 g/mol. The van der Waals surface area contributed by atoms with Crippen LogP contribution in [0.5, 0.6) is 5.75 Å². The van der Waals surface area contributed by atoms with Gasteiger partial charge in [-0.25, -0.2) is 9.78 Å². The Morgan fingerprint density at radius 1 is 1.48 bits per heavy atom. The van der Waals surface area contributed by atoms with Crippen LogP contribution in [0.3, 0.4) is 0 Å². The summed E-state index contributed by atoms with van der Waals surface area (Å²) in [6, 6.07) is 6.50. The van der Waals surface area contributed by atoms with Gasteiger partial charge in [0, 0.05) is 11.4 Å². The van der Waals surface area contributed by atoms with Crippen molar-refractivity contribution in [1.29, 1.82) is 5.26 Å². The molecule has 0 aliphatic heterocycles. The van der Waals surface area contributed by atoms with Gasteiger partial charge in [0.25, 0.3) is 5.91 Å². The maximum Gasteiger partial charge on any atom is 0.365 e. The van der Waals surface area contributed by atoms with Crippen LogP contribution in [-0.2, 0) is 0 Å². The highest BCUT2D eigenvalue weighted by Gasteiger charge is 2.16. The molecule has 1 aromatic heterocycles. The van der Waals surface area contributed by atoms with Crippen LogP contribution in [0.2, 0.25) is 0 Å². The number of carbonyl (C=O) groups excluding carboxylic acids is 1. The van der Waals surface area contributed by atoms with Crippen molar-refractivity contribution in [2.75, 3.05) is 12.4 Å². The molecule has 7 nitrogen and oxygen atoms in total. The summed E-state index contributed by atoms with van der Waals surface area (Å²) < 4.78 is 5.09. The Morgan fingerprint density at radius 3 is 2.81 bits per heavy atom. The number of amides is 1. The Hall–Kier alpha value is -2.92. The number of rotatable bonds is 4. The van der Waals surface area contributed by atoms with E-state index in [-0.39, 0.29) is 10.7 Å². The number of hydrogen-bond donors (Lipinski definition) is 2. The molecule has 1 heterocycles. The van der Waals surface area contributed by atoms with Gasteiger partial charge in [0.05, 0.1) is 24.4 Å². The van der Waals surface area contributed by atoms with Crippen LogP contribution in [0.4, 0.5) is 5.69 Å². The van der Waals surface area contributed by atoms with Gasteiger partial charge in [-0.05, 0) is 12.1 Å². The summed E-state index contributed by atoms with van der Waals surface area (Å²) in [4.78, 5) is 26.4. The molecule has 1 aromatic carbocycles. The molecule has 21 heavy (non-hydrogen) atoms. The maximum absolute atomic E-state index is 12.0. The molecule has 2 aromatic rings. The molecular weight excluding hydrogens is 294 g/mol. The van der Waals surface area contributed by atoms with Crippen LogP contribution < -0.4 is 10.1 Å². The van der Waals surface area contributed by atoms with Crippen molar-refractivity contribution in [2.24, 2.45) is 0 Å². The molecule has 1 amide bonds. The number of ether oxygens (including phenoxy) is 1. The number of methoxy groups -OCH3 is 1. The van der Waals surface area contributed by atoms with Gasteiger partial charge >= 0.3 is 5.97 Å². The number of nitriles is 1. The number of aromatic nitrogens is 1. The van der Waals surface area contributed by atoms with Gasteiger partial charge < -0.3 is 15.2 Å². The van der Waals surface area contributed by atoms with Gasteiger partial charge in [0.15, 0.2) is 0 Å². The number of nitrogens with one attached hydrogen (secondary N) is 1. The first kappa shape index (κ1) is 14.5. The Labute approximate surface area is 123 Å². The number of anilines is 1. The minimum atomic E-state index is -1.19. The fourth-order valence-corrected chi connectivity index (χ4v) is 2.16. The van der Waals surface area contributed by atoms with Crippen molar-refractivity contribution in [3.05, 3.63) is 39.8 Å². The second kappa shape index (κ2) is 6.02. The minimum absolute atomic E-state index is 0.00353. The number of nitrogens with zero attached hydrogens (tertiary/aromatic N) is 2. The third-order valence-electron chi connectivity index (χ3n) is 2.50. The molecule has 0 saturated heterocycles. The minimum Gasteiger partial charge on any atom is -0.495 e. The molecule has 0 spiro atoms. The highest BCUT2D eigenvalue weighted by molar-refractivity contribution is 7.11. The van der Waals surface area contributed by atoms with Crippen molar-refractivity contribution in [3.63, 3.8) is 0 Å². The molecule has 0 aliphatic carbocycles. The lowest BCUT2D eigenvalue weighted by Crippen LogP contribution is -2.13. The van der Waals surface area contributed by atoms with E-state index in [1.807, 2.05) is 6.07 Å². The van der Waals surface area contributed by atoms with Crippen LogP contribution in [0.1, 0.15) is 25.9 Å². The summed E-state index contributed by atoms with van der Waals surface area (Å²) >= 11 is 0.867. The molecule has 2 rings (SSSR count). The van der Waals surface area contributed by atoms with Gasteiger partial charge in [-0.3, -0.25) is 4.79 Å². The highest BCUT2D eigenvalue weighted by Crippen LogP contribution is 2.26. The lowest BCUT2D eigenvalue weighted by molar-refractivity contribution is 0.0696. The van der Waals surface area contributed by atoms with Crippen molar-refractivity contribution in [3.8, 4) is 11.8 Å². The van der Waals surface area contributed by atoms with Crippen molar-refractivity contribution in [2.45, 2.75) is 0 Å². The van der Waals surface area contributed by atoms with E-state index < -0.39 is 11.9 Å². The van der Waals surface area contributed by atoms with E-state index in [0.717, 1.165) is 11.3 Å². The first-order valence-corrected chi connectivity index (χ1v) is 6.51. The van der Waals surface area contributed by atoms with Crippen LogP contribution in [-0.4, -0.2) is 29.1 Å². The SMILES string of the molecule is COc1cc(C#N)ccc1NC(=O)c1csc(C(=O)O)n1. The van der Waals surface area contributed by atoms with E-state index in [2.05, 4.69) is 10.3 Å². The summed E-state index contributed by atoms with van der Waals surface area (Å²) in [5, 5.41) is 21.3. The van der Waals surface area contributed by atoms with Crippen LogP contribution in [0.15, 0.2) is 23.6 Å². The van der Waals surface area contributed by atoms with Gasteiger partial charge in [-0.1, -0.05) is 0 Å². The standard InChI is InChI=1S/C13H9N3O4S/c1-20-10-4-7(5-14)2-3-8(10)15-11(17)9-6-21-12(16-9)13(18)19/h2-4,6H,1H3,(H,15,17)(H,18,19). The second-order valence-corrected chi connectivity index (χ2v) is 4.68. The van der Waals surface area contributed by atoms with E-state index >= 15 is 0 Å². The molecule has 0 unspecified atom stereocenters. The van der Waals surface area contributed by atoms with Gasteiger partial charge in [-0.2, -0.15) is 5.26 Å². The zero-order valence-electron chi connectivity index (χ0n) is 10.8. The zero-order chi connectivity index (χ0) is 15.4. The monoisotopic (exact) mass is 303 g/mol. The Kier molecular flexibility index (Phi) is 4.15. The quantitative estimate of drug-likeness (QED) is 0.893. The lowest BCUT2D eigenvalue weighted by Gasteiger charge is -2.09. The molecule has 0 bridgehead atoms. The van der Waals surface area contributed by atoms with E-state index in [1.54, 1.807) is 0 Å². The van der Waals surface area contributed by atoms with Crippen LogP contribution >= 0.6 is 11.3 Å². The summed E-state index contributed by atoms with van der Waals surface area (Å²) in [5.74, 6) is -1.41. The van der Waals surface area contributed by atoms with Crippen LogP contribution in [0.25, 0.3) is 0 Å². The number of aromatic carboxylic acids is 1. The molecule has 0 fully saturated rings. The number of carbonyl (C=O) groups is 2. The molecule has 2 N–H and O–H groups in total. The van der Waals surface area contributed by atoms with Crippen LogP contribution in [0, 0.1) is 11.3 Å². The Morgan fingerprint density at radius 2 is 2.24 bits per heavy atom. The largest absolute Gasteiger partial charge is 0.495 e. The second-order valence-electron chi connectivity index (χ2n) is 3.82. The zero-order valence-corrected chi connectivity index (χ0v) is 11.6. The smallest absolute Gasteiger partial charge is 0.365 e.